The highest BCUT2D eigenvalue weighted by Gasteiger charge is 2.37. The van der Waals surface area contributed by atoms with Crippen molar-refractivity contribution in [3.05, 3.63) is 75.3 Å². The molecule has 0 aromatic heterocycles. The summed E-state index contributed by atoms with van der Waals surface area (Å²) in [5.41, 5.74) is 0.792. The standard InChI is InChI=1S/C29H34Cl2N2O5SSi/c1-29(2,3)40(5,6)37-14-13-21(19-11-12-24(30)25(31)16-19)18-33-28(34)26-23-10-8-7-9-20(23)15-22(17-32)27(26)38-39(4,35)36/h7-12,15-16,21H,13-14,18H2,1-6H3,(H,33,34)/t21-/m1/s1. The van der Waals surface area contributed by atoms with Crippen molar-refractivity contribution in [2.45, 2.75) is 51.2 Å². The van der Waals surface area contributed by atoms with Gasteiger partial charge < -0.3 is 13.9 Å². The van der Waals surface area contributed by atoms with Crippen LogP contribution in [-0.4, -0.2) is 42.0 Å². The summed E-state index contributed by atoms with van der Waals surface area (Å²) in [7, 11) is -6.03. The van der Waals surface area contributed by atoms with Gasteiger partial charge in [0.25, 0.3) is 5.91 Å². The number of fused-ring (bicyclic) bond motifs is 1. The van der Waals surface area contributed by atoms with E-state index in [0.717, 1.165) is 11.8 Å². The maximum Gasteiger partial charge on any atom is 0.306 e. The van der Waals surface area contributed by atoms with Crippen LogP contribution in [0, 0.1) is 11.3 Å². The summed E-state index contributed by atoms with van der Waals surface area (Å²) < 4.78 is 35.7. The third-order valence-electron chi connectivity index (χ3n) is 7.24. The second kappa shape index (κ2) is 12.5. The number of nitrogens with one attached hydrogen (secondary N) is 1. The van der Waals surface area contributed by atoms with E-state index >= 15 is 0 Å². The monoisotopic (exact) mass is 620 g/mol. The zero-order valence-corrected chi connectivity index (χ0v) is 26.8. The van der Waals surface area contributed by atoms with Gasteiger partial charge in [0, 0.05) is 19.1 Å². The van der Waals surface area contributed by atoms with Gasteiger partial charge >= 0.3 is 10.1 Å². The first kappa shape index (κ1) is 31.9. The molecule has 0 aliphatic heterocycles. The molecule has 0 aliphatic rings. The zero-order valence-electron chi connectivity index (χ0n) is 23.5. The van der Waals surface area contributed by atoms with Crippen molar-refractivity contribution < 1.29 is 21.8 Å². The molecule has 11 heteroatoms. The van der Waals surface area contributed by atoms with Crippen LogP contribution in [0.1, 0.15) is 54.6 Å². The highest BCUT2D eigenvalue weighted by Crippen LogP contribution is 2.37. The molecular formula is C29H34Cl2N2O5SSi. The lowest BCUT2D eigenvalue weighted by molar-refractivity contribution is 0.0949. The van der Waals surface area contributed by atoms with Gasteiger partial charge in [-0.2, -0.15) is 13.7 Å². The maximum absolute atomic E-state index is 13.7. The second-order valence-corrected chi connectivity index (χ2v) is 18.4. The van der Waals surface area contributed by atoms with Gasteiger partial charge in [0.1, 0.15) is 6.07 Å². The van der Waals surface area contributed by atoms with Gasteiger partial charge in [-0.25, -0.2) is 0 Å². The van der Waals surface area contributed by atoms with Crippen molar-refractivity contribution in [1.29, 1.82) is 5.26 Å². The molecule has 0 unspecified atom stereocenters. The molecule has 0 aliphatic carbocycles. The molecule has 0 radical (unpaired) electrons. The fraction of sp³-hybridized carbons (Fsp3) is 0.379. The molecule has 1 amide bonds. The number of hydrogen-bond acceptors (Lipinski definition) is 6. The minimum atomic E-state index is -4.03. The lowest BCUT2D eigenvalue weighted by Crippen LogP contribution is -2.41. The Hall–Kier alpha value is -2.61. The fourth-order valence-electron chi connectivity index (χ4n) is 4.01. The molecule has 1 N–H and O–H groups in total. The molecule has 214 valence electrons. The first-order chi connectivity index (χ1) is 18.5. The van der Waals surface area contributed by atoms with Crippen molar-refractivity contribution in [3.8, 4) is 11.8 Å². The molecular weight excluding hydrogens is 587 g/mol. The van der Waals surface area contributed by atoms with E-state index in [2.05, 4.69) is 39.2 Å². The maximum atomic E-state index is 13.7. The number of carbonyl (C=O) groups is 1. The lowest BCUT2D eigenvalue weighted by Gasteiger charge is -2.36. The van der Waals surface area contributed by atoms with Crippen molar-refractivity contribution in [2.24, 2.45) is 0 Å². The van der Waals surface area contributed by atoms with Crippen LogP contribution in [0.15, 0.2) is 48.5 Å². The number of nitrogens with zero attached hydrogens (tertiary/aromatic N) is 1. The quantitative estimate of drug-likeness (QED) is 0.188. The number of hydrogen-bond donors (Lipinski definition) is 1. The predicted molar refractivity (Wildman–Crippen MR) is 163 cm³/mol. The van der Waals surface area contributed by atoms with Crippen LogP contribution >= 0.6 is 23.2 Å². The first-order valence-corrected chi connectivity index (χ1v) is 18.2. The third kappa shape index (κ3) is 7.77. The van der Waals surface area contributed by atoms with Crippen LogP contribution in [-0.2, 0) is 14.5 Å². The van der Waals surface area contributed by atoms with Crippen LogP contribution in [0.5, 0.6) is 5.75 Å². The highest BCUT2D eigenvalue weighted by molar-refractivity contribution is 7.86. The average Bonchev–Trinajstić information content (AvgIpc) is 2.85. The molecule has 0 fully saturated rings. The van der Waals surface area contributed by atoms with E-state index in [0.29, 0.717) is 33.8 Å². The molecule has 3 aromatic rings. The number of nitriles is 1. The van der Waals surface area contributed by atoms with Crippen molar-refractivity contribution in [3.63, 3.8) is 0 Å². The van der Waals surface area contributed by atoms with Crippen LogP contribution in [0.4, 0.5) is 0 Å². The summed E-state index contributed by atoms with van der Waals surface area (Å²) in [6.45, 7) is 11.6. The summed E-state index contributed by atoms with van der Waals surface area (Å²) in [5, 5.41) is 14.6. The first-order valence-electron chi connectivity index (χ1n) is 12.8. The Morgan fingerprint density at radius 3 is 2.38 bits per heavy atom. The number of carbonyl (C=O) groups excluding carboxylic acids is 1. The van der Waals surface area contributed by atoms with E-state index in [4.69, 9.17) is 31.8 Å². The van der Waals surface area contributed by atoms with Crippen molar-refractivity contribution in [2.75, 3.05) is 19.4 Å². The van der Waals surface area contributed by atoms with Crippen LogP contribution in [0.25, 0.3) is 10.8 Å². The van der Waals surface area contributed by atoms with Gasteiger partial charge in [-0.3, -0.25) is 4.79 Å². The Morgan fingerprint density at radius 2 is 1.77 bits per heavy atom. The van der Waals surface area contributed by atoms with Crippen LogP contribution < -0.4 is 9.50 Å². The Balaban J connectivity index is 1.96. The number of amides is 1. The minimum absolute atomic E-state index is 0.0227. The molecule has 1 atom stereocenters. The fourth-order valence-corrected chi connectivity index (χ4v) is 5.85. The molecule has 0 saturated heterocycles. The summed E-state index contributed by atoms with van der Waals surface area (Å²) in [4.78, 5) is 13.7. The molecule has 0 spiro atoms. The van der Waals surface area contributed by atoms with Gasteiger partial charge in [-0.1, -0.05) is 74.3 Å². The van der Waals surface area contributed by atoms with E-state index in [1.807, 2.05) is 12.1 Å². The van der Waals surface area contributed by atoms with E-state index in [1.54, 1.807) is 36.4 Å². The molecule has 3 rings (SSSR count). The lowest BCUT2D eigenvalue weighted by atomic mass is 9.95. The molecule has 0 heterocycles. The zero-order chi connectivity index (χ0) is 29.9. The molecule has 40 heavy (non-hydrogen) atoms. The van der Waals surface area contributed by atoms with Crippen LogP contribution in [0.2, 0.25) is 28.2 Å². The van der Waals surface area contributed by atoms with Crippen LogP contribution in [0.3, 0.4) is 0 Å². The Bertz CT molecular complexity index is 1560. The smallest absolute Gasteiger partial charge is 0.306 e. The minimum Gasteiger partial charge on any atom is -0.417 e. The van der Waals surface area contributed by atoms with Gasteiger partial charge in [0.05, 0.1) is 27.4 Å². The second-order valence-electron chi connectivity index (χ2n) is 11.2. The van der Waals surface area contributed by atoms with E-state index < -0.39 is 24.3 Å². The topological polar surface area (TPSA) is 105 Å². The average molecular weight is 622 g/mol. The van der Waals surface area contributed by atoms with Gasteiger partial charge in [-0.15, -0.1) is 0 Å². The Kier molecular flexibility index (Phi) is 9.97. The Morgan fingerprint density at radius 1 is 1.10 bits per heavy atom. The normalized spacial score (nSPS) is 13.1. The summed E-state index contributed by atoms with van der Waals surface area (Å²) in [6, 6.07) is 15.7. The van der Waals surface area contributed by atoms with Crippen molar-refractivity contribution >= 4 is 58.3 Å². The number of rotatable bonds is 10. The highest BCUT2D eigenvalue weighted by atomic mass is 35.5. The third-order valence-corrected chi connectivity index (χ3v) is 13.0. The summed E-state index contributed by atoms with van der Waals surface area (Å²) in [5.74, 6) is -1.05. The van der Waals surface area contributed by atoms with E-state index in [-0.39, 0.29) is 34.4 Å². The SMILES string of the molecule is CC(C)(C)[Si](C)(C)OCC[C@H](CNC(=O)c1c(OS(C)(=O)=O)c(C#N)cc2ccccc12)c1ccc(Cl)c(Cl)c1. The van der Waals surface area contributed by atoms with E-state index in [9.17, 15) is 18.5 Å². The van der Waals surface area contributed by atoms with Gasteiger partial charge in [0.15, 0.2) is 14.1 Å². The molecule has 0 saturated carbocycles. The molecule has 3 aromatic carbocycles. The number of halogens is 2. The largest absolute Gasteiger partial charge is 0.417 e. The number of benzene rings is 3. The van der Waals surface area contributed by atoms with Crippen molar-refractivity contribution in [1.82, 2.24) is 5.32 Å². The van der Waals surface area contributed by atoms with E-state index in [1.165, 1.54) is 6.07 Å². The predicted octanol–water partition coefficient (Wildman–Crippen LogP) is 7.28. The Labute approximate surface area is 247 Å². The molecule has 0 bridgehead atoms. The molecule has 7 nitrogen and oxygen atoms in total. The van der Waals surface area contributed by atoms with Gasteiger partial charge in [-0.05, 0) is 59.1 Å². The summed E-state index contributed by atoms with van der Waals surface area (Å²) in [6.07, 6.45) is 1.46. The van der Waals surface area contributed by atoms with Gasteiger partial charge in [0.2, 0.25) is 0 Å². The summed E-state index contributed by atoms with van der Waals surface area (Å²) >= 11 is 12.5.